The molecule has 2 fully saturated rings. The number of pyridine rings is 2. The van der Waals surface area contributed by atoms with Gasteiger partial charge in [0.1, 0.15) is 5.69 Å². The van der Waals surface area contributed by atoms with Crippen LogP contribution in [0.4, 0.5) is 17.6 Å². The van der Waals surface area contributed by atoms with Gasteiger partial charge in [-0.05, 0) is 60.1 Å². The van der Waals surface area contributed by atoms with Gasteiger partial charge in [-0.2, -0.15) is 15.3 Å². The minimum atomic E-state index is -0.478. The molecule has 12 rings (SSSR count). The summed E-state index contributed by atoms with van der Waals surface area (Å²) in [6.45, 7) is 4.86. The van der Waals surface area contributed by atoms with Gasteiger partial charge < -0.3 is 19.8 Å². The molecule has 0 amide bonds. The van der Waals surface area contributed by atoms with Crippen molar-refractivity contribution in [1.29, 1.82) is 0 Å². The monoisotopic (exact) mass is 918 g/mol. The second kappa shape index (κ2) is 18.1. The standard InChI is InChI=1S/C53H56N15O/c1-61-32-44(29-58-61)41-12-14-48-46(30-59-66(48)34-41)38-16-18-64(19-17-38)52-54-25-37(26-55-52)24-40-10-6-7-11-47(40)68-36-45(33-62(68)2)42-13-15-49-50(31-60-67(49)35-42)63-20-22-65(23-21-63)53-56-27-43(28-57-53)51(69)39-8-4-3-5-9-39/h6-7,10-16,25-36,39,51,69H,3-5,8-9,17-24H2,1-2H3/q+1. The number of benzene rings is 1. The Labute approximate surface area is 400 Å². The van der Waals surface area contributed by atoms with Crippen LogP contribution in [-0.2, 0) is 20.5 Å². The second-order valence-electron chi connectivity index (χ2n) is 18.9. The average Bonchev–Trinajstić information content (AvgIpc) is 4.23. The summed E-state index contributed by atoms with van der Waals surface area (Å²) in [5, 5.41) is 24.8. The number of hydrogen-bond acceptors (Lipinski definition) is 11. The van der Waals surface area contributed by atoms with Gasteiger partial charge in [0.2, 0.25) is 18.1 Å². The number of aliphatic hydroxyl groups excluding tert-OH is 1. The number of nitrogens with zero attached hydrogens (tertiary/aromatic N) is 15. The number of rotatable bonds is 11. The number of anilines is 3. The molecule has 1 unspecified atom stereocenters. The number of piperazine rings is 1. The van der Waals surface area contributed by atoms with Crippen LogP contribution in [0, 0.1) is 5.92 Å². The van der Waals surface area contributed by atoms with Gasteiger partial charge in [-0.3, -0.25) is 4.68 Å². The maximum absolute atomic E-state index is 10.9. The summed E-state index contributed by atoms with van der Waals surface area (Å²) in [4.78, 5) is 26.0. The first-order chi connectivity index (χ1) is 33.9. The van der Waals surface area contributed by atoms with Gasteiger partial charge in [-0.25, -0.2) is 29.0 Å². The fourth-order valence-electron chi connectivity index (χ4n) is 10.6. The van der Waals surface area contributed by atoms with Crippen LogP contribution in [0.5, 0.6) is 0 Å². The van der Waals surface area contributed by atoms with Crippen LogP contribution in [0.25, 0.3) is 44.5 Å². The van der Waals surface area contributed by atoms with E-state index in [-0.39, 0.29) is 0 Å². The van der Waals surface area contributed by atoms with E-state index in [1.54, 1.807) is 0 Å². The minimum absolute atomic E-state index is 0.314. The van der Waals surface area contributed by atoms with Crippen molar-refractivity contribution in [3.05, 3.63) is 151 Å². The largest absolute Gasteiger partial charge is 0.388 e. The number of aryl methyl sites for hydroxylation is 2. The van der Waals surface area contributed by atoms with Crippen molar-refractivity contribution in [2.24, 2.45) is 20.0 Å². The highest BCUT2D eigenvalue weighted by molar-refractivity contribution is 5.80. The molecule has 1 aromatic carbocycles. The molecule has 16 heteroatoms. The van der Waals surface area contributed by atoms with E-state index in [0.717, 1.165) is 126 Å². The molecular formula is C53H56N15O+. The van der Waals surface area contributed by atoms with Crippen molar-refractivity contribution in [2.75, 3.05) is 54.0 Å². The van der Waals surface area contributed by atoms with Crippen molar-refractivity contribution >= 4 is 34.2 Å². The average molecular weight is 919 g/mol. The summed E-state index contributed by atoms with van der Waals surface area (Å²) in [7, 11) is 4.01. The van der Waals surface area contributed by atoms with Crippen molar-refractivity contribution in [3.63, 3.8) is 0 Å². The van der Waals surface area contributed by atoms with Gasteiger partial charge >= 0.3 is 0 Å². The molecule has 348 valence electrons. The maximum Gasteiger partial charge on any atom is 0.225 e. The van der Waals surface area contributed by atoms with Crippen LogP contribution in [0.2, 0.25) is 0 Å². The molecule has 9 aromatic rings. The molecule has 1 saturated heterocycles. The van der Waals surface area contributed by atoms with Crippen LogP contribution in [0.15, 0.2) is 129 Å². The van der Waals surface area contributed by atoms with E-state index >= 15 is 0 Å². The van der Waals surface area contributed by atoms with E-state index in [1.807, 2.05) is 70.3 Å². The van der Waals surface area contributed by atoms with Crippen LogP contribution in [-0.4, -0.2) is 98.0 Å². The molecule has 16 nitrogen and oxygen atoms in total. The second-order valence-corrected chi connectivity index (χ2v) is 18.9. The van der Waals surface area contributed by atoms with Gasteiger partial charge in [-0.15, -0.1) is 9.36 Å². The molecule has 0 bridgehead atoms. The van der Waals surface area contributed by atoms with E-state index in [2.05, 4.69) is 126 Å². The Balaban J connectivity index is 0.684. The Bertz CT molecular complexity index is 3290. The van der Waals surface area contributed by atoms with Crippen LogP contribution < -0.4 is 19.4 Å². The predicted molar refractivity (Wildman–Crippen MR) is 266 cm³/mol. The zero-order valence-corrected chi connectivity index (χ0v) is 39.1. The molecule has 0 spiro atoms. The molecular weight excluding hydrogens is 863 g/mol. The SMILES string of the molecule is Cn1cc(-c2ccc3c(C4=CCN(c5ncc(Cc6ccccc6-n6cc(-c7ccc8c(N9CCN(c%10ncc(C(O)C%11CCCCC%11)cn%10)CC9)cnn8c7)c[n+]6C)cn5)CC4)cnn3c2)cn1. The molecule has 8 aromatic heterocycles. The molecule has 10 heterocycles. The zero-order valence-electron chi connectivity index (χ0n) is 39.1. The van der Waals surface area contributed by atoms with E-state index in [9.17, 15) is 5.11 Å². The maximum atomic E-state index is 10.9. The third kappa shape index (κ3) is 8.38. The van der Waals surface area contributed by atoms with Crippen LogP contribution in [0.1, 0.15) is 66.9 Å². The normalized spacial score (nSPS) is 16.4. The number of aromatic nitrogens is 12. The molecule has 69 heavy (non-hydrogen) atoms. The highest BCUT2D eigenvalue weighted by Gasteiger charge is 2.26. The van der Waals surface area contributed by atoms with Crippen molar-refractivity contribution in [3.8, 4) is 27.9 Å². The Morgan fingerprint density at radius 1 is 0.638 bits per heavy atom. The van der Waals surface area contributed by atoms with Gasteiger partial charge in [0.05, 0.1) is 53.2 Å². The first-order valence-corrected chi connectivity index (χ1v) is 24.2. The quantitative estimate of drug-likeness (QED) is 0.133. The fourth-order valence-corrected chi connectivity index (χ4v) is 10.6. The van der Waals surface area contributed by atoms with Gasteiger partial charge in [0, 0.05) is 124 Å². The summed E-state index contributed by atoms with van der Waals surface area (Å²) in [6, 6.07) is 17.2. The van der Waals surface area contributed by atoms with Crippen LogP contribution >= 0.6 is 0 Å². The number of aliphatic hydroxyl groups is 1. The number of hydrogen-bond donors (Lipinski definition) is 1. The molecule has 1 N–H and O–H groups in total. The Hall–Kier alpha value is -7.72. The summed E-state index contributed by atoms with van der Waals surface area (Å²) < 4.78 is 10.1. The van der Waals surface area contributed by atoms with Gasteiger partial charge in [-0.1, -0.05) is 55.7 Å². The van der Waals surface area contributed by atoms with Crippen molar-refractivity contribution < 1.29 is 9.79 Å². The lowest BCUT2D eigenvalue weighted by molar-refractivity contribution is -0.744. The molecule has 1 aliphatic carbocycles. The van der Waals surface area contributed by atoms with Gasteiger partial charge in [0.15, 0.2) is 7.05 Å². The Morgan fingerprint density at radius 3 is 2.09 bits per heavy atom. The van der Waals surface area contributed by atoms with E-state index in [4.69, 9.17) is 20.2 Å². The van der Waals surface area contributed by atoms with Crippen molar-refractivity contribution in [2.45, 2.75) is 51.0 Å². The van der Waals surface area contributed by atoms with E-state index in [0.29, 0.717) is 12.3 Å². The lowest BCUT2D eigenvalue weighted by Crippen LogP contribution is -2.47. The van der Waals surface area contributed by atoms with Gasteiger partial charge in [0.25, 0.3) is 0 Å². The molecule has 3 aliphatic rings. The Morgan fingerprint density at radius 2 is 1.33 bits per heavy atom. The summed E-state index contributed by atoms with van der Waals surface area (Å²) >= 11 is 0. The Kier molecular flexibility index (Phi) is 11.2. The summed E-state index contributed by atoms with van der Waals surface area (Å²) in [5.74, 6) is 1.78. The highest BCUT2D eigenvalue weighted by atomic mass is 16.3. The zero-order chi connectivity index (χ0) is 46.4. The fraction of sp³-hybridized carbons (Fsp3) is 0.321. The lowest BCUT2D eigenvalue weighted by atomic mass is 9.83. The van der Waals surface area contributed by atoms with E-state index in [1.165, 1.54) is 36.0 Å². The first kappa shape index (κ1) is 42.6. The smallest absolute Gasteiger partial charge is 0.225 e. The lowest BCUT2D eigenvalue weighted by Gasteiger charge is -2.35. The molecule has 1 saturated carbocycles. The van der Waals surface area contributed by atoms with Crippen LogP contribution in [0.3, 0.4) is 0 Å². The topological polar surface area (TPSA) is 143 Å². The molecule has 2 aliphatic heterocycles. The number of para-hydroxylation sites is 1. The predicted octanol–water partition coefficient (Wildman–Crippen LogP) is 7.07. The molecule has 1 atom stereocenters. The summed E-state index contributed by atoms with van der Waals surface area (Å²) in [6.07, 6.45) is 33.2. The third-order valence-electron chi connectivity index (χ3n) is 14.5. The van der Waals surface area contributed by atoms with Crippen molar-refractivity contribution in [1.82, 2.24) is 53.6 Å². The summed E-state index contributed by atoms with van der Waals surface area (Å²) in [5.41, 5.74) is 14.3. The number of fused-ring (bicyclic) bond motifs is 2. The first-order valence-electron chi connectivity index (χ1n) is 24.2. The minimum Gasteiger partial charge on any atom is -0.388 e. The van der Waals surface area contributed by atoms with E-state index < -0.39 is 6.10 Å². The third-order valence-corrected chi connectivity index (χ3v) is 14.5. The highest BCUT2D eigenvalue weighted by Crippen LogP contribution is 2.35. The molecule has 0 radical (unpaired) electrons.